The zero-order valence-corrected chi connectivity index (χ0v) is 17.9. The van der Waals surface area contributed by atoms with Crippen LogP contribution < -0.4 is 5.56 Å². The number of aromatic nitrogens is 2. The molecule has 1 aromatic carbocycles. The van der Waals surface area contributed by atoms with Crippen LogP contribution in [0.4, 0.5) is 0 Å². The van der Waals surface area contributed by atoms with E-state index in [9.17, 15) is 9.90 Å². The van der Waals surface area contributed by atoms with Crippen LogP contribution in [-0.2, 0) is 13.0 Å². The SMILES string of the molecule is CCCCCc1c2c(nc3ccc(C)cc13)-c1cc(C(O)CC)c(C)c(=O)n1C2. The van der Waals surface area contributed by atoms with Crippen molar-refractivity contribution in [1.29, 1.82) is 0 Å². The second-order valence-electron chi connectivity index (χ2n) is 8.32. The minimum atomic E-state index is -0.621. The summed E-state index contributed by atoms with van der Waals surface area (Å²) in [7, 11) is 0. The normalized spacial score (nSPS) is 13.6. The van der Waals surface area contributed by atoms with E-state index >= 15 is 0 Å². The van der Waals surface area contributed by atoms with Crippen molar-refractivity contribution in [3.05, 3.63) is 62.4 Å². The Morgan fingerprint density at radius 2 is 1.97 bits per heavy atom. The van der Waals surface area contributed by atoms with Gasteiger partial charge in [0.05, 0.1) is 29.6 Å². The molecule has 0 radical (unpaired) electrons. The summed E-state index contributed by atoms with van der Waals surface area (Å²) >= 11 is 0. The van der Waals surface area contributed by atoms with E-state index in [-0.39, 0.29) is 5.56 Å². The Labute approximate surface area is 172 Å². The Kier molecular flexibility index (Phi) is 5.30. The zero-order valence-electron chi connectivity index (χ0n) is 17.9. The molecule has 3 aromatic rings. The van der Waals surface area contributed by atoms with Crippen LogP contribution in [0.15, 0.2) is 29.1 Å². The maximum Gasteiger partial charge on any atom is 0.254 e. The van der Waals surface area contributed by atoms with Crippen LogP contribution in [0.3, 0.4) is 0 Å². The first-order valence-electron chi connectivity index (χ1n) is 10.8. The maximum absolute atomic E-state index is 13.1. The van der Waals surface area contributed by atoms with Gasteiger partial charge >= 0.3 is 0 Å². The van der Waals surface area contributed by atoms with Crippen molar-refractivity contribution in [3.8, 4) is 11.4 Å². The molecule has 0 fully saturated rings. The third-order valence-corrected chi connectivity index (χ3v) is 6.28. The van der Waals surface area contributed by atoms with E-state index in [1.54, 1.807) is 0 Å². The van der Waals surface area contributed by atoms with Gasteiger partial charge in [0.1, 0.15) is 0 Å². The van der Waals surface area contributed by atoms with Gasteiger partial charge in [-0.05, 0) is 62.4 Å². The number of hydrogen-bond donors (Lipinski definition) is 1. The lowest BCUT2D eigenvalue weighted by molar-refractivity contribution is 0.172. The Balaban J connectivity index is 1.96. The summed E-state index contributed by atoms with van der Waals surface area (Å²) in [6.07, 6.45) is 4.49. The molecule has 0 bridgehead atoms. The van der Waals surface area contributed by atoms with Crippen LogP contribution in [-0.4, -0.2) is 14.7 Å². The molecule has 0 saturated heterocycles. The predicted octanol–water partition coefficient (Wildman–Crippen LogP) is 5.22. The number of pyridine rings is 2. The van der Waals surface area contributed by atoms with E-state index in [1.807, 2.05) is 24.5 Å². The molecule has 0 aliphatic carbocycles. The van der Waals surface area contributed by atoms with Gasteiger partial charge < -0.3 is 9.67 Å². The Morgan fingerprint density at radius 3 is 2.69 bits per heavy atom. The van der Waals surface area contributed by atoms with Crippen LogP contribution in [0.25, 0.3) is 22.3 Å². The fourth-order valence-corrected chi connectivity index (χ4v) is 4.55. The summed E-state index contributed by atoms with van der Waals surface area (Å²) in [5, 5.41) is 11.7. The molecule has 0 saturated carbocycles. The summed E-state index contributed by atoms with van der Waals surface area (Å²) < 4.78 is 1.84. The highest BCUT2D eigenvalue weighted by molar-refractivity contribution is 5.88. The summed E-state index contributed by atoms with van der Waals surface area (Å²) in [4.78, 5) is 18.1. The maximum atomic E-state index is 13.1. The highest BCUT2D eigenvalue weighted by Gasteiger charge is 2.28. The third-order valence-electron chi connectivity index (χ3n) is 6.28. The van der Waals surface area contributed by atoms with Crippen LogP contribution in [0.5, 0.6) is 0 Å². The average molecular weight is 391 g/mol. The summed E-state index contributed by atoms with van der Waals surface area (Å²) in [5.74, 6) is 0. The fraction of sp³-hybridized carbons (Fsp3) is 0.440. The van der Waals surface area contributed by atoms with E-state index < -0.39 is 6.10 Å². The van der Waals surface area contributed by atoms with Crippen molar-refractivity contribution in [1.82, 2.24) is 9.55 Å². The van der Waals surface area contributed by atoms with E-state index in [2.05, 4.69) is 32.0 Å². The lowest BCUT2D eigenvalue weighted by atomic mass is 9.94. The molecule has 1 N–H and O–H groups in total. The molecule has 0 amide bonds. The Bertz CT molecular complexity index is 1140. The van der Waals surface area contributed by atoms with Gasteiger partial charge in [-0.1, -0.05) is 38.3 Å². The van der Waals surface area contributed by atoms with Gasteiger partial charge in [0, 0.05) is 16.5 Å². The van der Waals surface area contributed by atoms with Gasteiger partial charge in [-0.3, -0.25) is 4.79 Å². The number of nitrogens with zero attached hydrogens (tertiary/aromatic N) is 2. The third kappa shape index (κ3) is 3.29. The highest BCUT2D eigenvalue weighted by Crippen LogP contribution is 2.37. The number of fused-ring (bicyclic) bond motifs is 4. The van der Waals surface area contributed by atoms with Crippen molar-refractivity contribution in [3.63, 3.8) is 0 Å². The molecule has 1 aliphatic rings. The monoisotopic (exact) mass is 390 g/mol. The molecular formula is C25H30N2O2. The Hall–Kier alpha value is -2.46. The number of aryl methyl sites for hydroxylation is 2. The lowest BCUT2D eigenvalue weighted by Crippen LogP contribution is -2.23. The van der Waals surface area contributed by atoms with Crippen LogP contribution >= 0.6 is 0 Å². The van der Waals surface area contributed by atoms with Gasteiger partial charge in [-0.25, -0.2) is 4.98 Å². The molecule has 1 aliphatic heterocycles. The first kappa shape index (κ1) is 19.8. The topological polar surface area (TPSA) is 55.1 Å². The smallest absolute Gasteiger partial charge is 0.254 e. The van der Waals surface area contributed by atoms with Gasteiger partial charge in [0.2, 0.25) is 0 Å². The van der Waals surface area contributed by atoms with E-state index in [4.69, 9.17) is 4.98 Å². The summed E-state index contributed by atoms with van der Waals surface area (Å²) in [5.41, 5.74) is 7.85. The second kappa shape index (κ2) is 7.75. The molecule has 2 aromatic heterocycles. The first-order valence-corrected chi connectivity index (χ1v) is 10.8. The molecular weight excluding hydrogens is 360 g/mol. The standard InChI is InChI=1S/C25H30N2O2/c1-5-7-8-9-17-19-12-15(3)10-11-21(19)26-24-20(17)14-27-22(24)13-18(23(28)6-2)16(4)25(27)29/h10-13,23,28H,5-9,14H2,1-4H3. The van der Waals surface area contributed by atoms with Gasteiger partial charge in [-0.2, -0.15) is 0 Å². The summed E-state index contributed by atoms with van der Waals surface area (Å²) in [6.45, 7) is 8.66. The van der Waals surface area contributed by atoms with E-state index in [0.29, 0.717) is 18.5 Å². The van der Waals surface area contributed by atoms with Crippen molar-refractivity contribution in [2.75, 3.05) is 0 Å². The minimum Gasteiger partial charge on any atom is -0.388 e. The molecule has 29 heavy (non-hydrogen) atoms. The van der Waals surface area contributed by atoms with E-state index in [1.165, 1.54) is 34.9 Å². The van der Waals surface area contributed by atoms with Crippen LogP contribution in [0.1, 0.15) is 73.5 Å². The predicted molar refractivity (Wildman–Crippen MR) is 118 cm³/mol. The zero-order chi connectivity index (χ0) is 20.7. The quantitative estimate of drug-likeness (QED) is 0.459. The lowest BCUT2D eigenvalue weighted by Gasteiger charge is -2.14. The molecule has 1 atom stereocenters. The van der Waals surface area contributed by atoms with Crippen molar-refractivity contribution in [2.24, 2.45) is 0 Å². The highest BCUT2D eigenvalue weighted by atomic mass is 16.3. The number of unbranched alkanes of at least 4 members (excludes halogenated alkanes) is 2. The molecule has 4 heteroatoms. The van der Waals surface area contributed by atoms with Crippen molar-refractivity contribution < 1.29 is 5.11 Å². The van der Waals surface area contributed by atoms with Gasteiger partial charge in [0.15, 0.2) is 0 Å². The van der Waals surface area contributed by atoms with E-state index in [0.717, 1.165) is 35.3 Å². The summed E-state index contributed by atoms with van der Waals surface area (Å²) in [6, 6.07) is 8.40. The van der Waals surface area contributed by atoms with Crippen molar-refractivity contribution in [2.45, 2.75) is 72.4 Å². The van der Waals surface area contributed by atoms with Crippen molar-refractivity contribution >= 4 is 10.9 Å². The van der Waals surface area contributed by atoms with Gasteiger partial charge in [0.25, 0.3) is 5.56 Å². The minimum absolute atomic E-state index is 0.0113. The first-order chi connectivity index (χ1) is 14.0. The Morgan fingerprint density at radius 1 is 1.17 bits per heavy atom. The number of aliphatic hydroxyl groups excluding tert-OH is 1. The molecule has 0 spiro atoms. The molecule has 4 rings (SSSR count). The number of hydrogen-bond acceptors (Lipinski definition) is 3. The molecule has 152 valence electrons. The number of benzene rings is 1. The molecule has 3 heterocycles. The second-order valence-corrected chi connectivity index (χ2v) is 8.32. The van der Waals surface area contributed by atoms with Gasteiger partial charge in [-0.15, -0.1) is 0 Å². The number of rotatable bonds is 6. The number of aliphatic hydroxyl groups is 1. The molecule has 1 unspecified atom stereocenters. The van der Waals surface area contributed by atoms with Crippen LogP contribution in [0.2, 0.25) is 0 Å². The molecule has 4 nitrogen and oxygen atoms in total. The average Bonchev–Trinajstić information content (AvgIpc) is 3.08. The largest absolute Gasteiger partial charge is 0.388 e. The van der Waals surface area contributed by atoms with Crippen LogP contribution in [0, 0.1) is 13.8 Å². The fourth-order valence-electron chi connectivity index (χ4n) is 4.55.